The van der Waals surface area contributed by atoms with E-state index in [2.05, 4.69) is 4.74 Å². The third-order valence-electron chi connectivity index (χ3n) is 4.16. The maximum absolute atomic E-state index is 12.4. The lowest BCUT2D eigenvalue weighted by Gasteiger charge is -2.32. The SMILES string of the molecule is CC.COCc1cc(OC(F)(F)F)ccc1B1OC(C)(C)C(C)(C)O1. The molecule has 1 aliphatic heterocycles. The molecule has 8 heteroatoms. The Hall–Kier alpha value is -1.25. The largest absolute Gasteiger partial charge is 0.573 e. The van der Waals surface area contributed by atoms with Crippen LogP contribution in [0.1, 0.15) is 47.1 Å². The molecule has 1 aromatic carbocycles. The Labute approximate surface area is 147 Å². The van der Waals surface area contributed by atoms with Crippen molar-refractivity contribution in [1.29, 1.82) is 0 Å². The van der Waals surface area contributed by atoms with Crippen LogP contribution >= 0.6 is 0 Å². The molecule has 1 heterocycles. The number of halogens is 3. The maximum atomic E-state index is 12.4. The second-order valence-corrected chi connectivity index (χ2v) is 6.43. The van der Waals surface area contributed by atoms with Crippen molar-refractivity contribution < 1.29 is 32.0 Å². The summed E-state index contributed by atoms with van der Waals surface area (Å²) in [6, 6.07) is 4.04. The molecule has 142 valence electrons. The smallest absolute Gasteiger partial charge is 0.406 e. The number of benzene rings is 1. The molecule has 0 unspecified atom stereocenters. The monoisotopic (exact) mass is 362 g/mol. The fourth-order valence-corrected chi connectivity index (χ4v) is 2.26. The molecule has 1 saturated heterocycles. The minimum atomic E-state index is -4.74. The van der Waals surface area contributed by atoms with Gasteiger partial charge in [-0.1, -0.05) is 19.9 Å². The van der Waals surface area contributed by atoms with E-state index >= 15 is 0 Å². The molecule has 0 aromatic heterocycles. The van der Waals surface area contributed by atoms with Crippen molar-refractivity contribution in [3.05, 3.63) is 23.8 Å². The van der Waals surface area contributed by atoms with Crippen molar-refractivity contribution in [2.24, 2.45) is 0 Å². The third-order valence-corrected chi connectivity index (χ3v) is 4.16. The van der Waals surface area contributed by atoms with E-state index in [0.717, 1.165) is 0 Å². The normalized spacial score (nSPS) is 18.6. The lowest BCUT2D eigenvalue weighted by Crippen LogP contribution is -2.41. The van der Waals surface area contributed by atoms with Gasteiger partial charge in [0.15, 0.2) is 0 Å². The van der Waals surface area contributed by atoms with Crippen LogP contribution in [0.4, 0.5) is 13.2 Å². The molecule has 0 bridgehead atoms. The first kappa shape index (κ1) is 21.8. The summed E-state index contributed by atoms with van der Waals surface area (Å²) in [5.41, 5.74) is 0.0690. The molecular formula is C17H26BF3O4. The van der Waals surface area contributed by atoms with Gasteiger partial charge in [-0.15, -0.1) is 13.2 Å². The van der Waals surface area contributed by atoms with Crippen molar-refractivity contribution in [3.63, 3.8) is 0 Å². The highest BCUT2D eigenvalue weighted by molar-refractivity contribution is 6.62. The fraction of sp³-hybridized carbons (Fsp3) is 0.647. The van der Waals surface area contributed by atoms with Crippen LogP contribution in [0.15, 0.2) is 18.2 Å². The van der Waals surface area contributed by atoms with E-state index in [1.54, 1.807) is 0 Å². The zero-order valence-corrected chi connectivity index (χ0v) is 15.8. The van der Waals surface area contributed by atoms with Gasteiger partial charge in [0.2, 0.25) is 0 Å². The van der Waals surface area contributed by atoms with E-state index in [-0.39, 0.29) is 12.4 Å². The van der Waals surface area contributed by atoms with Crippen molar-refractivity contribution >= 4 is 12.6 Å². The van der Waals surface area contributed by atoms with Crippen LogP contribution in [0.25, 0.3) is 0 Å². The molecule has 0 aliphatic carbocycles. The van der Waals surface area contributed by atoms with Gasteiger partial charge in [0, 0.05) is 7.11 Å². The molecule has 0 atom stereocenters. The zero-order chi connectivity index (χ0) is 19.5. The van der Waals surface area contributed by atoms with Crippen molar-refractivity contribution in [2.75, 3.05) is 7.11 Å². The summed E-state index contributed by atoms with van der Waals surface area (Å²) in [6.45, 7) is 11.7. The topological polar surface area (TPSA) is 36.9 Å². The number of methoxy groups -OCH3 is 1. The zero-order valence-electron chi connectivity index (χ0n) is 15.8. The lowest BCUT2D eigenvalue weighted by molar-refractivity contribution is -0.274. The Morgan fingerprint density at radius 3 is 2.00 bits per heavy atom. The van der Waals surface area contributed by atoms with Crippen LogP contribution in [0.5, 0.6) is 5.75 Å². The quantitative estimate of drug-likeness (QED) is 0.757. The fourth-order valence-electron chi connectivity index (χ4n) is 2.26. The summed E-state index contributed by atoms with van der Waals surface area (Å²) < 4.78 is 58.0. The van der Waals surface area contributed by atoms with Gasteiger partial charge in [-0.3, -0.25) is 0 Å². The number of hydrogen-bond donors (Lipinski definition) is 0. The predicted molar refractivity (Wildman–Crippen MR) is 90.9 cm³/mol. The Morgan fingerprint density at radius 2 is 1.56 bits per heavy atom. The third kappa shape index (κ3) is 5.36. The molecular weight excluding hydrogens is 336 g/mol. The molecule has 0 amide bonds. The first-order chi connectivity index (χ1) is 11.5. The summed E-state index contributed by atoms with van der Waals surface area (Å²) in [7, 11) is 0.788. The summed E-state index contributed by atoms with van der Waals surface area (Å²) in [6.07, 6.45) is -4.74. The predicted octanol–water partition coefficient (Wildman–Crippen LogP) is 4.06. The van der Waals surface area contributed by atoms with Crippen molar-refractivity contribution in [3.8, 4) is 5.75 Å². The van der Waals surface area contributed by atoms with Crippen LogP contribution in [-0.4, -0.2) is 31.8 Å². The molecule has 25 heavy (non-hydrogen) atoms. The lowest BCUT2D eigenvalue weighted by atomic mass is 9.76. The minimum absolute atomic E-state index is 0.120. The van der Waals surface area contributed by atoms with Gasteiger partial charge in [-0.2, -0.15) is 0 Å². The number of rotatable bonds is 4. The van der Waals surface area contributed by atoms with Crippen LogP contribution < -0.4 is 10.2 Å². The average Bonchev–Trinajstić information content (AvgIpc) is 2.68. The first-order valence-electron chi connectivity index (χ1n) is 8.18. The van der Waals surface area contributed by atoms with Gasteiger partial charge in [-0.25, -0.2) is 0 Å². The Morgan fingerprint density at radius 1 is 1.04 bits per heavy atom. The van der Waals surface area contributed by atoms with E-state index in [9.17, 15) is 13.2 Å². The molecule has 0 saturated carbocycles. The summed E-state index contributed by atoms with van der Waals surface area (Å²) in [4.78, 5) is 0. The summed E-state index contributed by atoms with van der Waals surface area (Å²) >= 11 is 0. The minimum Gasteiger partial charge on any atom is -0.406 e. The van der Waals surface area contributed by atoms with E-state index < -0.39 is 24.7 Å². The van der Waals surface area contributed by atoms with Gasteiger partial charge >= 0.3 is 13.5 Å². The van der Waals surface area contributed by atoms with Crippen LogP contribution in [0.3, 0.4) is 0 Å². The van der Waals surface area contributed by atoms with Crippen LogP contribution in [0.2, 0.25) is 0 Å². The second kappa shape index (κ2) is 7.97. The Balaban J connectivity index is 0.00000151. The highest BCUT2D eigenvalue weighted by Gasteiger charge is 2.52. The highest BCUT2D eigenvalue weighted by Crippen LogP contribution is 2.37. The van der Waals surface area contributed by atoms with E-state index in [1.807, 2.05) is 41.5 Å². The van der Waals surface area contributed by atoms with E-state index in [0.29, 0.717) is 11.0 Å². The second-order valence-electron chi connectivity index (χ2n) is 6.43. The molecule has 0 spiro atoms. The Bertz CT molecular complexity index is 558. The van der Waals surface area contributed by atoms with Crippen molar-refractivity contribution in [1.82, 2.24) is 0 Å². The standard InChI is InChI=1S/C15H20BF3O4.C2H6/c1-13(2)14(3,4)23-16(22-13)12-7-6-11(21-15(17,18)19)8-10(12)9-20-5;1-2/h6-8H,9H2,1-5H3;1-2H3. The molecule has 2 rings (SSSR count). The number of ether oxygens (including phenoxy) is 2. The van der Waals surface area contributed by atoms with Gasteiger partial charge in [0.1, 0.15) is 5.75 Å². The van der Waals surface area contributed by atoms with E-state index in [1.165, 1.54) is 25.3 Å². The number of alkyl halides is 3. The maximum Gasteiger partial charge on any atom is 0.573 e. The molecule has 1 fully saturated rings. The van der Waals surface area contributed by atoms with Gasteiger partial charge in [0.25, 0.3) is 0 Å². The van der Waals surface area contributed by atoms with Crippen LogP contribution in [0, 0.1) is 0 Å². The molecule has 0 N–H and O–H groups in total. The Kier molecular flexibility index (Phi) is 6.95. The van der Waals surface area contributed by atoms with E-state index in [4.69, 9.17) is 14.0 Å². The van der Waals surface area contributed by atoms with Crippen molar-refractivity contribution in [2.45, 2.75) is 65.7 Å². The molecule has 1 aromatic rings. The highest BCUT2D eigenvalue weighted by atomic mass is 19.4. The van der Waals surface area contributed by atoms with Gasteiger partial charge < -0.3 is 18.8 Å². The average molecular weight is 362 g/mol. The molecule has 4 nitrogen and oxygen atoms in total. The molecule has 0 radical (unpaired) electrons. The van der Waals surface area contributed by atoms with Gasteiger partial charge in [-0.05, 0) is 50.9 Å². The van der Waals surface area contributed by atoms with Crippen LogP contribution in [-0.2, 0) is 20.7 Å². The molecule has 1 aliphatic rings. The first-order valence-corrected chi connectivity index (χ1v) is 8.18. The summed E-state index contributed by atoms with van der Waals surface area (Å²) in [5, 5.41) is 0. The number of hydrogen-bond acceptors (Lipinski definition) is 4. The summed E-state index contributed by atoms with van der Waals surface area (Å²) in [5.74, 6) is -0.301. The van der Waals surface area contributed by atoms with Gasteiger partial charge in [0.05, 0.1) is 17.8 Å².